The molecule has 1 aromatic carbocycles. The fourth-order valence-corrected chi connectivity index (χ4v) is 4.13. The summed E-state index contributed by atoms with van der Waals surface area (Å²) < 4.78 is 7.68. The summed E-state index contributed by atoms with van der Waals surface area (Å²) in [4.78, 5) is 14.4. The summed E-state index contributed by atoms with van der Waals surface area (Å²) in [6.45, 7) is 5.60. The molecular weight excluding hydrogens is 340 g/mol. The molecule has 1 aromatic heterocycles. The van der Waals surface area contributed by atoms with Gasteiger partial charge in [-0.1, -0.05) is 6.92 Å². The summed E-state index contributed by atoms with van der Waals surface area (Å²) in [6.07, 6.45) is 4.81. The van der Waals surface area contributed by atoms with Crippen LogP contribution < -0.4 is 15.4 Å². The van der Waals surface area contributed by atoms with Crippen LogP contribution in [0, 0.1) is 0 Å². The Morgan fingerprint density at radius 2 is 2.11 bits per heavy atom. The van der Waals surface area contributed by atoms with Crippen molar-refractivity contribution in [2.24, 2.45) is 0 Å². The highest BCUT2D eigenvalue weighted by molar-refractivity contribution is 5.75. The van der Waals surface area contributed by atoms with Crippen LogP contribution in [0.15, 0.2) is 36.5 Å². The number of carbonyl (C=O) groups excluding carboxylic acids is 1. The highest BCUT2D eigenvalue weighted by atomic mass is 16.5. The average molecular weight is 368 g/mol. The number of hydrogen-bond donors (Lipinski definition) is 2. The Bertz CT molecular complexity index is 836. The van der Waals surface area contributed by atoms with Crippen molar-refractivity contribution in [2.75, 3.05) is 25.5 Å². The second kappa shape index (κ2) is 6.83. The van der Waals surface area contributed by atoms with Gasteiger partial charge in [-0.3, -0.25) is 0 Å². The molecule has 2 aliphatic heterocycles. The SMILES string of the molecule is CCC(C)NC(=O)N1CCC2(CC1)Nc1cc(OC)ccc1-n1cccc12. The summed E-state index contributed by atoms with van der Waals surface area (Å²) in [6, 6.07) is 10.7. The molecule has 2 amide bonds. The van der Waals surface area contributed by atoms with Crippen molar-refractivity contribution in [1.29, 1.82) is 0 Å². The number of likely N-dealkylation sites (tertiary alicyclic amines) is 1. The van der Waals surface area contributed by atoms with Crippen molar-refractivity contribution >= 4 is 11.7 Å². The second-order valence-corrected chi connectivity index (χ2v) is 7.60. The first-order valence-corrected chi connectivity index (χ1v) is 9.76. The van der Waals surface area contributed by atoms with Crippen LogP contribution in [0.25, 0.3) is 5.69 Å². The van der Waals surface area contributed by atoms with Crippen molar-refractivity contribution < 1.29 is 9.53 Å². The van der Waals surface area contributed by atoms with Gasteiger partial charge in [-0.15, -0.1) is 0 Å². The van der Waals surface area contributed by atoms with Crippen LogP contribution in [0.2, 0.25) is 0 Å². The standard InChI is InChI=1S/C21H28N4O2/c1-4-15(2)22-20(26)24-12-9-21(10-13-24)19-6-5-11-25(19)18-8-7-16(27-3)14-17(18)23-21/h5-8,11,14-15,23H,4,9-10,12-13H2,1-3H3,(H,22,26). The Morgan fingerprint density at radius 3 is 2.81 bits per heavy atom. The molecule has 0 radical (unpaired) electrons. The normalized spacial score (nSPS) is 18.3. The van der Waals surface area contributed by atoms with E-state index in [-0.39, 0.29) is 17.6 Å². The number of nitrogens with one attached hydrogen (secondary N) is 2. The smallest absolute Gasteiger partial charge is 0.317 e. The van der Waals surface area contributed by atoms with Crippen LogP contribution in [0.3, 0.4) is 0 Å². The number of nitrogens with zero attached hydrogens (tertiary/aromatic N) is 2. The lowest BCUT2D eigenvalue weighted by molar-refractivity contribution is 0.160. The van der Waals surface area contributed by atoms with Gasteiger partial charge in [0, 0.05) is 37.1 Å². The van der Waals surface area contributed by atoms with E-state index in [1.165, 1.54) is 5.69 Å². The second-order valence-electron chi connectivity index (χ2n) is 7.60. The predicted molar refractivity (Wildman–Crippen MR) is 107 cm³/mol. The molecule has 0 aliphatic carbocycles. The fourth-order valence-electron chi connectivity index (χ4n) is 4.13. The highest BCUT2D eigenvalue weighted by Crippen LogP contribution is 2.44. The van der Waals surface area contributed by atoms with Gasteiger partial charge in [0.25, 0.3) is 0 Å². The number of fused-ring (bicyclic) bond motifs is 4. The molecule has 2 aromatic rings. The van der Waals surface area contributed by atoms with E-state index in [1.54, 1.807) is 7.11 Å². The average Bonchev–Trinajstić information content (AvgIpc) is 3.19. The number of aromatic nitrogens is 1. The third kappa shape index (κ3) is 3.03. The quantitative estimate of drug-likeness (QED) is 0.868. The molecule has 1 atom stereocenters. The van der Waals surface area contributed by atoms with Gasteiger partial charge in [0.05, 0.1) is 24.0 Å². The van der Waals surface area contributed by atoms with Gasteiger partial charge in [-0.2, -0.15) is 0 Å². The molecule has 2 aliphatic rings. The van der Waals surface area contributed by atoms with Gasteiger partial charge in [-0.25, -0.2) is 4.79 Å². The Balaban J connectivity index is 1.57. The van der Waals surface area contributed by atoms with E-state index in [2.05, 4.69) is 52.6 Å². The van der Waals surface area contributed by atoms with E-state index in [9.17, 15) is 4.79 Å². The lowest BCUT2D eigenvalue weighted by Crippen LogP contribution is -2.53. The van der Waals surface area contributed by atoms with Gasteiger partial charge in [0.2, 0.25) is 0 Å². The molecule has 3 heterocycles. The van der Waals surface area contributed by atoms with Crippen molar-refractivity contribution in [2.45, 2.75) is 44.7 Å². The lowest BCUT2D eigenvalue weighted by Gasteiger charge is -2.46. The molecule has 144 valence electrons. The number of methoxy groups -OCH3 is 1. The highest BCUT2D eigenvalue weighted by Gasteiger charge is 2.42. The van der Waals surface area contributed by atoms with E-state index in [4.69, 9.17) is 4.74 Å². The van der Waals surface area contributed by atoms with Crippen LogP contribution in [0.1, 0.15) is 38.8 Å². The number of benzene rings is 1. The summed E-state index contributed by atoms with van der Waals surface area (Å²) >= 11 is 0. The summed E-state index contributed by atoms with van der Waals surface area (Å²) in [5, 5.41) is 6.86. The zero-order valence-electron chi connectivity index (χ0n) is 16.3. The predicted octanol–water partition coefficient (Wildman–Crippen LogP) is 3.71. The summed E-state index contributed by atoms with van der Waals surface area (Å²) in [7, 11) is 1.69. The third-order valence-electron chi connectivity index (χ3n) is 5.96. The van der Waals surface area contributed by atoms with E-state index < -0.39 is 0 Å². The number of hydrogen-bond acceptors (Lipinski definition) is 3. The maximum atomic E-state index is 12.5. The first-order valence-electron chi connectivity index (χ1n) is 9.76. The molecule has 2 N–H and O–H groups in total. The van der Waals surface area contributed by atoms with Gasteiger partial charge in [0.15, 0.2) is 0 Å². The van der Waals surface area contributed by atoms with E-state index >= 15 is 0 Å². The Labute approximate surface area is 160 Å². The Hall–Kier alpha value is -2.63. The lowest BCUT2D eigenvalue weighted by atomic mass is 9.82. The molecule has 1 saturated heterocycles. The zero-order valence-corrected chi connectivity index (χ0v) is 16.3. The summed E-state index contributed by atoms with van der Waals surface area (Å²) in [5.41, 5.74) is 3.33. The first kappa shape index (κ1) is 17.8. The van der Waals surface area contributed by atoms with Gasteiger partial charge in [-0.05, 0) is 50.5 Å². The van der Waals surface area contributed by atoms with E-state index in [1.807, 2.05) is 17.9 Å². The van der Waals surface area contributed by atoms with Crippen LogP contribution >= 0.6 is 0 Å². The Kier molecular flexibility index (Phi) is 4.50. The van der Waals surface area contributed by atoms with E-state index in [0.717, 1.165) is 49.5 Å². The third-order valence-corrected chi connectivity index (χ3v) is 5.96. The minimum atomic E-state index is -0.157. The number of carbonyl (C=O) groups is 1. The molecule has 6 nitrogen and oxygen atoms in total. The number of amides is 2. The molecule has 1 unspecified atom stereocenters. The molecule has 0 saturated carbocycles. The molecule has 1 fully saturated rings. The number of ether oxygens (including phenoxy) is 1. The zero-order chi connectivity index (χ0) is 19.0. The van der Waals surface area contributed by atoms with Crippen LogP contribution in [0.4, 0.5) is 10.5 Å². The number of rotatable bonds is 3. The molecule has 0 bridgehead atoms. The minimum absolute atomic E-state index is 0.0486. The first-order chi connectivity index (χ1) is 13.1. The maximum absolute atomic E-state index is 12.5. The maximum Gasteiger partial charge on any atom is 0.317 e. The van der Waals surface area contributed by atoms with E-state index in [0.29, 0.717) is 0 Å². The number of piperidine rings is 1. The molecule has 6 heteroatoms. The summed E-state index contributed by atoms with van der Waals surface area (Å²) in [5.74, 6) is 0.845. The fraction of sp³-hybridized carbons (Fsp3) is 0.476. The minimum Gasteiger partial charge on any atom is -0.497 e. The monoisotopic (exact) mass is 368 g/mol. The molecule has 1 spiro atoms. The van der Waals surface area contributed by atoms with Gasteiger partial charge >= 0.3 is 6.03 Å². The number of anilines is 1. The topological polar surface area (TPSA) is 58.5 Å². The number of urea groups is 1. The van der Waals surface area contributed by atoms with Gasteiger partial charge < -0.3 is 24.8 Å². The van der Waals surface area contributed by atoms with Crippen molar-refractivity contribution in [3.8, 4) is 11.4 Å². The van der Waals surface area contributed by atoms with Crippen LogP contribution in [-0.4, -0.2) is 41.7 Å². The van der Waals surface area contributed by atoms with Crippen LogP contribution in [-0.2, 0) is 5.54 Å². The van der Waals surface area contributed by atoms with Crippen molar-refractivity contribution in [3.63, 3.8) is 0 Å². The van der Waals surface area contributed by atoms with Crippen molar-refractivity contribution in [3.05, 3.63) is 42.2 Å². The molecule has 4 rings (SSSR count). The molecule has 27 heavy (non-hydrogen) atoms. The van der Waals surface area contributed by atoms with Crippen LogP contribution in [0.5, 0.6) is 5.75 Å². The largest absolute Gasteiger partial charge is 0.497 e. The van der Waals surface area contributed by atoms with Gasteiger partial charge in [0.1, 0.15) is 5.75 Å². The molecular formula is C21H28N4O2. The Morgan fingerprint density at radius 1 is 1.33 bits per heavy atom. The van der Waals surface area contributed by atoms with Crippen molar-refractivity contribution in [1.82, 2.24) is 14.8 Å².